The second-order valence-electron chi connectivity index (χ2n) is 3.23. The topological polar surface area (TPSA) is 52.1 Å². The average Bonchev–Trinajstić information content (AvgIpc) is 2.38. The molecule has 0 radical (unpaired) electrons. The summed E-state index contributed by atoms with van der Waals surface area (Å²) in [5.74, 6) is 0.589. The Morgan fingerprint density at radius 3 is 2.41 bits per heavy atom. The molecule has 4 nitrogen and oxygen atoms in total. The number of carbonyl (C=O) groups excluding carboxylic acids is 1. The largest absolute Gasteiger partial charge is 0.483 e. The van der Waals surface area contributed by atoms with Gasteiger partial charge in [0.15, 0.2) is 17.9 Å². The van der Waals surface area contributed by atoms with Gasteiger partial charge in [-0.25, -0.2) is 14.4 Å². The van der Waals surface area contributed by atoms with Gasteiger partial charge in [0, 0.05) is 5.56 Å². The minimum Gasteiger partial charge on any atom is -0.483 e. The van der Waals surface area contributed by atoms with E-state index >= 15 is 0 Å². The molecule has 0 aliphatic rings. The van der Waals surface area contributed by atoms with Gasteiger partial charge in [-0.05, 0) is 24.3 Å². The molecule has 0 N–H and O–H groups in total. The second-order valence-corrected chi connectivity index (χ2v) is 3.23. The van der Waals surface area contributed by atoms with Gasteiger partial charge in [-0.3, -0.25) is 4.79 Å². The minimum absolute atomic E-state index is 0.0285. The van der Waals surface area contributed by atoms with Crippen molar-refractivity contribution >= 4 is 6.29 Å². The van der Waals surface area contributed by atoms with Gasteiger partial charge < -0.3 is 4.74 Å². The molecule has 2 rings (SSSR count). The standard InChI is InChI=1S/C12H9FN2O2/c13-10-3-1-9(2-4-10)12-14-7-11(8-15-12)17-6-5-16/h1-5,7-8H,6H2. The van der Waals surface area contributed by atoms with Crippen LogP contribution in [-0.4, -0.2) is 22.9 Å². The highest BCUT2D eigenvalue weighted by atomic mass is 19.1. The van der Waals surface area contributed by atoms with Crippen molar-refractivity contribution < 1.29 is 13.9 Å². The zero-order valence-corrected chi connectivity index (χ0v) is 8.84. The first-order chi connectivity index (χ1) is 8.29. The van der Waals surface area contributed by atoms with E-state index in [1.165, 1.54) is 24.5 Å². The maximum absolute atomic E-state index is 12.7. The molecule has 0 aliphatic heterocycles. The lowest BCUT2D eigenvalue weighted by atomic mass is 10.2. The van der Waals surface area contributed by atoms with Crippen LogP contribution in [0.4, 0.5) is 4.39 Å². The number of rotatable bonds is 4. The Morgan fingerprint density at radius 1 is 1.18 bits per heavy atom. The lowest BCUT2D eigenvalue weighted by molar-refractivity contribution is -0.109. The molecule has 1 aromatic carbocycles. The summed E-state index contributed by atoms with van der Waals surface area (Å²) in [5.41, 5.74) is 0.716. The third-order valence-corrected chi connectivity index (χ3v) is 2.05. The molecule has 0 bridgehead atoms. The maximum Gasteiger partial charge on any atom is 0.159 e. The fraction of sp³-hybridized carbons (Fsp3) is 0.0833. The summed E-state index contributed by atoms with van der Waals surface area (Å²) in [6.07, 6.45) is 3.58. The van der Waals surface area contributed by atoms with Crippen LogP contribution in [0.15, 0.2) is 36.7 Å². The van der Waals surface area contributed by atoms with Gasteiger partial charge in [0.2, 0.25) is 0 Å². The monoisotopic (exact) mass is 232 g/mol. The van der Waals surface area contributed by atoms with Crippen molar-refractivity contribution in [3.8, 4) is 17.1 Å². The molecule has 0 spiro atoms. The van der Waals surface area contributed by atoms with Crippen molar-refractivity contribution in [2.45, 2.75) is 0 Å². The lowest BCUT2D eigenvalue weighted by Crippen LogP contribution is -1.99. The van der Waals surface area contributed by atoms with E-state index in [4.69, 9.17) is 4.74 Å². The molecule has 5 heteroatoms. The van der Waals surface area contributed by atoms with Gasteiger partial charge in [0.05, 0.1) is 12.4 Å². The van der Waals surface area contributed by atoms with Gasteiger partial charge in [-0.1, -0.05) is 0 Å². The molecule has 0 fully saturated rings. The molecule has 1 heterocycles. The third kappa shape index (κ3) is 2.84. The van der Waals surface area contributed by atoms with Crippen LogP contribution >= 0.6 is 0 Å². The van der Waals surface area contributed by atoms with Crippen molar-refractivity contribution in [3.05, 3.63) is 42.5 Å². The molecule has 0 amide bonds. The number of aromatic nitrogens is 2. The molecule has 17 heavy (non-hydrogen) atoms. The van der Waals surface area contributed by atoms with Crippen LogP contribution < -0.4 is 4.74 Å². The fourth-order valence-corrected chi connectivity index (χ4v) is 1.27. The lowest BCUT2D eigenvalue weighted by Gasteiger charge is -2.02. The fourth-order valence-electron chi connectivity index (χ4n) is 1.27. The highest BCUT2D eigenvalue weighted by Gasteiger charge is 2.02. The number of hydrogen-bond donors (Lipinski definition) is 0. The predicted molar refractivity (Wildman–Crippen MR) is 59.0 cm³/mol. The molecule has 0 saturated carbocycles. The van der Waals surface area contributed by atoms with E-state index in [-0.39, 0.29) is 12.4 Å². The maximum atomic E-state index is 12.7. The molecule has 86 valence electrons. The zero-order valence-electron chi connectivity index (χ0n) is 8.84. The first-order valence-corrected chi connectivity index (χ1v) is 4.94. The van der Waals surface area contributed by atoms with Gasteiger partial charge in [-0.2, -0.15) is 0 Å². The van der Waals surface area contributed by atoms with Crippen LogP contribution in [0.2, 0.25) is 0 Å². The van der Waals surface area contributed by atoms with E-state index in [0.29, 0.717) is 23.4 Å². The molecule has 0 aliphatic carbocycles. The van der Waals surface area contributed by atoms with Crippen LogP contribution in [0.25, 0.3) is 11.4 Å². The SMILES string of the molecule is O=CCOc1cnc(-c2ccc(F)cc2)nc1. The number of aldehydes is 1. The Bertz CT molecular complexity index is 497. The van der Waals surface area contributed by atoms with Gasteiger partial charge >= 0.3 is 0 Å². The van der Waals surface area contributed by atoms with Crippen molar-refractivity contribution in [2.75, 3.05) is 6.61 Å². The van der Waals surface area contributed by atoms with Crippen molar-refractivity contribution in [1.29, 1.82) is 0 Å². The Labute approximate surface area is 97.1 Å². The second kappa shape index (κ2) is 5.16. The van der Waals surface area contributed by atoms with E-state index in [9.17, 15) is 9.18 Å². The van der Waals surface area contributed by atoms with Crippen LogP contribution in [-0.2, 0) is 4.79 Å². The molecule has 2 aromatic rings. The van der Waals surface area contributed by atoms with E-state index in [0.717, 1.165) is 0 Å². The quantitative estimate of drug-likeness (QED) is 0.755. The highest BCUT2D eigenvalue weighted by molar-refractivity contribution is 5.54. The molecule has 0 saturated heterocycles. The number of halogens is 1. The van der Waals surface area contributed by atoms with Crippen LogP contribution in [0.5, 0.6) is 5.75 Å². The average molecular weight is 232 g/mol. The first kappa shape index (κ1) is 11.2. The van der Waals surface area contributed by atoms with Gasteiger partial charge in [0.1, 0.15) is 12.4 Å². The van der Waals surface area contributed by atoms with Crippen LogP contribution in [0, 0.1) is 5.82 Å². The van der Waals surface area contributed by atoms with Crippen molar-refractivity contribution in [1.82, 2.24) is 9.97 Å². The highest BCUT2D eigenvalue weighted by Crippen LogP contribution is 2.16. The summed E-state index contributed by atoms with van der Waals surface area (Å²) in [4.78, 5) is 18.2. The molecular formula is C12H9FN2O2. The first-order valence-electron chi connectivity index (χ1n) is 4.94. The number of ether oxygens (including phenoxy) is 1. The zero-order chi connectivity index (χ0) is 12.1. The number of benzene rings is 1. The predicted octanol–water partition coefficient (Wildman–Crippen LogP) is 1.86. The number of nitrogens with zero attached hydrogens (tertiary/aromatic N) is 2. The summed E-state index contributed by atoms with van der Waals surface area (Å²) in [6.45, 7) is -0.0285. The third-order valence-electron chi connectivity index (χ3n) is 2.05. The van der Waals surface area contributed by atoms with Crippen LogP contribution in [0.3, 0.4) is 0 Å². The van der Waals surface area contributed by atoms with E-state index in [1.54, 1.807) is 12.1 Å². The Balaban J connectivity index is 2.17. The van der Waals surface area contributed by atoms with E-state index in [2.05, 4.69) is 9.97 Å². The Morgan fingerprint density at radius 2 is 1.82 bits per heavy atom. The van der Waals surface area contributed by atoms with E-state index in [1.807, 2.05) is 0 Å². The number of carbonyl (C=O) groups is 1. The molecular weight excluding hydrogens is 223 g/mol. The molecule has 0 unspecified atom stereocenters. The summed E-state index contributed by atoms with van der Waals surface area (Å²) in [5, 5.41) is 0. The van der Waals surface area contributed by atoms with Crippen molar-refractivity contribution in [3.63, 3.8) is 0 Å². The summed E-state index contributed by atoms with van der Waals surface area (Å²) in [7, 11) is 0. The Kier molecular flexibility index (Phi) is 3.40. The van der Waals surface area contributed by atoms with Crippen LogP contribution in [0.1, 0.15) is 0 Å². The van der Waals surface area contributed by atoms with Gasteiger partial charge in [-0.15, -0.1) is 0 Å². The summed E-state index contributed by atoms with van der Waals surface area (Å²) >= 11 is 0. The molecule has 0 atom stereocenters. The summed E-state index contributed by atoms with van der Waals surface area (Å²) in [6, 6.07) is 5.87. The summed E-state index contributed by atoms with van der Waals surface area (Å²) < 4.78 is 17.7. The number of hydrogen-bond acceptors (Lipinski definition) is 4. The normalized spacial score (nSPS) is 9.94. The van der Waals surface area contributed by atoms with E-state index < -0.39 is 0 Å². The smallest absolute Gasteiger partial charge is 0.159 e. The molecule has 1 aromatic heterocycles. The minimum atomic E-state index is -0.306. The van der Waals surface area contributed by atoms with Gasteiger partial charge in [0.25, 0.3) is 0 Å². The Hall–Kier alpha value is -2.30. The van der Waals surface area contributed by atoms with Crippen molar-refractivity contribution in [2.24, 2.45) is 0 Å².